The molecule has 0 bridgehead atoms. The predicted molar refractivity (Wildman–Crippen MR) is 77.8 cm³/mol. The van der Waals surface area contributed by atoms with Gasteiger partial charge in [-0.05, 0) is 40.2 Å². The van der Waals surface area contributed by atoms with Gasteiger partial charge in [0.1, 0.15) is 5.82 Å². The molecule has 1 aromatic heterocycles. The minimum absolute atomic E-state index is 0.123. The van der Waals surface area contributed by atoms with Gasteiger partial charge in [-0.1, -0.05) is 24.6 Å². The van der Waals surface area contributed by atoms with Crippen LogP contribution in [0.4, 0.5) is 4.39 Å². The minimum atomic E-state index is -0.282. The average Bonchev–Trinajstić information content (AvgIpc) is 2.70. The molecule has 102 valence electrons. The molecule has 19 heavy (non-hydrogen) atoms. The van der Waals surface area contributed by atoms with Crippen molar-refractivity contribution in [2.24, 2.45) is 7.05 Å². The van der Waals surface area contributed by atoms with Gasteiger partial charge in [-0.2, -0.15) is 5.10 Å². The normalized spacial score (nSPS) is 12.7. The fourth-order valence-electron chi connectivity index (χ4n) is 2.01. The predicted octanol–water partition coefficient (Wildman–Crippen LogP) is 3.67. The Hall–Kier alpha value is -0.910. The second-order valence-corrected chi connectivity index (χ2v) is 5.43. The van der Waals surface area contributed by atoms with Crippen LogP contribution in [-0.4, -0.2) is 16.3 Å². The van der Waals surface area contributed by atoms with Gasteiger partial charge >= 0.3 is 0 Å². The molecular weight excluding hydrogens is 333 g/mol. The minimum Gasteiger partial charge on any atom is -0.305 e. The smallest absolute Gasteiger partial charge is 0.137 e. The highest BCUT2D eigenvalue weighted by Gasteiger charge is 2.20. The average molecular weight is 347 g/mol. The van der Waals surface area contributed by atoms with Gasteiger partial charge in [0.2, 0.25) is 0 Å². The van der Waals surface area contributed by atoms with E-state index < -0.39 is 0 Å². The number of aromatic nitrogens is 2. The van der Waals surface area contributed by atoms with Gasteiger partial charge in [-0.3, -0.25) is 4.68 Å². The Morgan fingerprint density at radius 2 is 2.26 bits per heavy atom. The van der Waals surface area contributed by atoms with Crippen LogP contribution < -0.4 is 5.32 Å². The summed E-state index contributed by atoms with van der Waals surface area (Å²) in [6.45, 7) is 2.77. The summed E-state index contributed by atoms with van der Waals surface area (Å²) >= 11 is 9.39. The molecule has 0 aliphatic carbocycles. The van der Waals surface area contributed by atoms with Crippen LogP contribution in [-0.2, 0) is 7.05 Å². The second kappa shape index (κ2) is 6.03. The van der Waals surface area contributed by atoms with Crippen LogP contribution in [0.5, 0.6) is 0 Å². The van der Waals surface area contributed by atoms with Crippen molar-refractivity contribution in [2.75, 3.05) is 6.54 Å². The summed E-state index contributed by atoms with van der Waals surface area (Å²) in [5, 5.41) is 8.08. The highest BCUT2D eigenvalue weighted by molar-refractivity contribution is 9.10. The van der Waals surface area contributed by atoms with Gasteiger partial charge in [0.25, 0.3) is 0 Å². The molecule has 1 aromatic carbocycles. The third-order valence-corrected chi connectivity index (χ3v) is 3.80. The van der Waals surface area contributed by atoms with E-state index in [0.29, 0.717) is 9.50 Å². The lowest BCUT2D eigenvalue weighted by molar-refractivity contribution is 0.569. The van der Waals surface area contributed by atoms with Crippen LogP contribution in [0, 0.1) is 5.82 Å². The monoisotopic (exact) mass is 345 g/mol. The van der Waals surface area contributed by atoms with Crippen molar-refractivity contribution in [2.45, 2.75) is 13.0 Å². The molecule has 0 radical (unpaired) electrons. The summed E-state index contributed by atoms with van der Waals surface area (Å²) < 4.78 is 15.5. The van der Waals surface area contributed by atoms with Crippen molar-refractivity contribution in [3.05, 3.63) is 51.0 Å². The molecule has 2 aromatic rings. The van der Waals surface area contributed by atoms with E-state index in [1.54, 1.807) is 23.0 Å². The number of hydrogen-bond donors (Lipinski definition) is 1. The molecule has 2 rings (SSSR count). The first-order valence-corrected chi connectivity index (χ1v) is 7.07. The molecule has 1 atom stereocenters. The molecule has 0 aliphatic heterocycles. The summed E-state index contributed by atoms with van der Waals surface area (Å²) in [5.41, 5.74) is 1.79. The highest BCUT2D eigenvalue weighted by atomic mass is 79.9. The van der Waals surface area contributed by atoms with Crippen molar-refractivity contribution in [3.63, 3.8) is 0 Å². The summed E-state index contributed by atoms with van der Waals surface area (Å²) in [5.74, 6) is -0.282. The first-order chi connectivity index (χ1) is 9.04. The molecule has 0 amide bonds. The van der Waals surface area contributed by atoms with Crippen LogP contribution in [0.25, 0.3) is 0 Å². The molecule has 6 heteroatoms. The number of nitrogens with zero attached hydrogens (tertiary/aromatic N) is 2. The number of benzene rings is 1. The molecule has 0 saturated carbocycles. The molecule has 0 aliphatic rings. The van der Waals surface area contributed by atoms with E-state index in [-0.39, 0.29) is 11.9 Å². The Kier molecular flexibility index (Phi) is 4.60. The quantitative estimate of drug-likeness (QED) is 0.915. The highest BCUT2D eigenvalue weighted by Crippen LogP contribution is 2.30. The maximum Gasteiger partial charge on any atom is 0.137 e. The van der Waals surface area contributed by atoms with Crippen LogP contribution in [0.3, 0.4) is 0 Å². The van der Waals surface area contributed by atoms with Gasteiger partial charge in [0.15, 0.2) is 0 Å². The Morgan fingerprint density at radius 3 is 2.79 bits per heavy atom. The zero-order valence-electron chi connectivity index (χ0n) is 10.6. The second-order valence-electron chi connectivity index (χ2n) is 4.17. The lowest BCUT2D eigenvalue weighted by Crippen LogP contribution is -2.24. The largest absolute Gasteiger partial charge is 0.305 e. The third-order valence-electron chi connectivity index (χ3n) is 2.90. The van der Waals surface area contributed by atoms with Crippen molar-refractivity contribution in [1.29, 1.82) is 0 Å². The molecule has 0 spiro atoms. The van der Waals surface area contributed by atoms with Crippen molar-refractivity contribution < 1.29 is 4.39 Å². The molecular formula is C13H14BrClFN3. The van der Waals surface area contributed by atoms with Gasteiger partial charge in [-0.25, -0.2) is 4.39 Å². The molecule has 1 unspecified atom stereocenters. The Labute approximate surface area is 124 Å². The van der Waals surface area contributed by atoms with Crippen LogP contribution >= 0.6 is 27.5 Å². The molecule has 0 fully saturated rings. The summed E-state index contributed by atoms with van der Waals surface area (Å²) in [6, 6.07) is 4.82. The lowest BCUT2D eigenvalue weighted by atomic mass is 10.0. The first-order valence-electron chi connectivity index (χ1n) is 5.90. The first kappa shape index (κ1) is 14.5. The number of nitrogens with one attached hydrogen (secondary N) is 1. The van der Waals surface area contributed by atoms with Crippen molar-refractivity contribution in [3.8, 4) is 0 Å². The van der Waals surface area contributed by atoms with Crippen molar-refractivity contribution >= 4 is 27.5 Å². The fourth-order valence-corrected chi connectivity index (χ4v) is 2.68. The number of rotatable bonds is 4. The van der Waals surface area contributed by atoms with Gasteiger partial charge in [0, 0.05) is 7.05 Å². The molecule has 1 heterocycles. The van der Waals surface area contributed by atoms with E-state index in [2.05, 4.69) is 26.3 Å². The zero-order chi connectivity index (χ0) is 14.0. The summed E-state index contributed by atoms with van der Waals surface area (Å²) in [7, 11) is 1.84. The lowest BCUT2D eigenvalue weighted by Gasteiger charge is -2.19. The molecule has 1 N–H and O–H groups in total. The zero-order valence-corrected chi connectivity index (χ0v) is 13.0. The van der Waals surface area contributed by atoms with Crippen LogP contribution in [0.1, 0.15) is 24.2 Å². The van der Waals surface area contributed by atoms with E-state index in [1.807, 2.05) is 14.0 Å². The van der Waals surface area contributed by atoms with Crippen molar-refractivity contribution in [1.82, 2.24) is 15.1 Å². The molecule has 3 nitrogen and oxygen atoms in total. The Balaban J connectivity index is 2.48. The van der Waals surface area contributed by atoms with Gasteiger partial charge < -0.3 is 5.32 Å². The topological polar surface area (TPSA) is 29.9 Å². The van der Waals surface area contributed by atoms with Crippen LogP contribution in [0.2, 0.25) is 5.02 Å². The number of hydrogen-bond acceptors (Lipinski definition) is 2. The van der Waals surface area contributed by atoms with Gasteiger partial charge in [0.05, 0.1) is 27.4 Å². The van der Waals surface area contributed by atoms with E-state index in [9.17, 15) is 4.39 Å². The third kappa shape index (κ3) is 2.99. The van der Waals surface area contributed by atoms with E-state index in [1.165, 1.54) is 6.07 Å². The van der Waals surface area contributed by atoms with Crippen LogP contribution in [0.15, 0.2) is 28.9 Å². The Bertz CT molecular complexity index is 566. The van der Waals surface area contributed by atoms with Gasteiger partial charge in [-0.15, -0.1) is 0 Å². The van der Waals surface area contributed by atoms with E-state index in [4.69, 9.17) is 11.6 Å². The SMILES string of the molecule is CCNC(c1ccc(F)c(Br)c1)c1c(Cl)cnn1C. The fraction of sp³-hybridized carbons (Fsp3) is 0.308. The maximum absolute atomic E-state index is 13.3. The molecule has 0 saturated heterocycles. The number of aryl methyl sites for hydroxylation is 1. The summed E-state index contributed by atoms with van der Waals surface area (Å²) in [4.78, 5) is 0. The van der Waals surface area contributed by atoms with E-state index in [0.717, 1.165) is 17.8 Å². The summed E-state index contributed by atoms with van der Waals surface area (Å²) in [6.07, 6.45) is 1.61. The van der Waals surface area contributed by atoms with E-state index >= 15 is 0 Å². The Morgan fingerprint density at radius 1 is 1.53 bits per heavy atom. The maximum atomic E-state index is 13.3. The standard InChI is InChI=1S/C13H14BrClFN3/c1-3-17-12(13-10(15)7-18-19(13)2)8-4-5-11(16)9(14)6-8/h4-7,12,17H,3H2,1-2H3. The number of halogens is 3.